The van der Waals surface area contributed by atoms with E-state index in [2.05, 4.69) is 0 Å². The van der Waals surface area contributed by atoms with Crippen molar-refractivity contribution in [3.8, 4) is 0 Å². The van der Waals surface area contributed by atoms with Crippen molar-refractivity contribution in [1.29, 1.82) is 0 Å². The summed E-state index contributed by atoms with van der Waals surface area (Å²) in [6, 6.07) is 10.0. The maximum absolute atomic E-state index is 10.6. The zero-order chi connectivity index (χ0) is 11.4. The smallest absolute Gasteiger partial charge is 0.0771 e. The van der Waals surface area contributed by atoms with Crippen molar-refractivity contribution in [3.05, 3.63) is 35.9 Å². The molecular weight excluding hydrogens is 202 g/mol. The Hall–Kier alpha value is -0.900. The maximum atomic E-state index is 10.6. The summed E-state index contributed by atoms with van der Waals surface area (Å²) in [7, 11) is 0. The monoisotopic (exact) mass is 221 g/mol. The second-order valence-corrected chi connectivity index (χ2v) is 4.41. The predicted molar refractivity (Wildman–Crippen MR) is 63.2 cm³/mol. The molecule has 0 radical (unpaired) electrons. The van der Waals surface area contributed by atoms with Gasteiger partial charge in [0.15, 0.2) is 0 Å². The minimum atomic E-state index is -0.700. The van der Waals surface area contributed by atoms with Crippen LogP contribution < -0.4 is 5.73 Å². The SMILES string of the molecule is NCC(c1ccccc1)C1(O)CCOCC1. The molecule has 88 valence electrons. The van der Waals surface area contributed by atoms with E-state index in [4.69, 9.17) is 10.5 Å². The quantitative estimate of drug-likeness (QED) is 0.808. The molecule has 0 bridgehead atoms. The molecule has 1 aliphatic rings. The molecule has 1 heterocycles. The van der Waals surface area contributed by atoms with Crippen LogP contribution in [-0.4, -0.2) is 30.5 Å². The van der Waals surface area contributed by atoms with E-state index in [-0.39, 0.29) is 5.92 Å². The molecule has 1 unspecified atom stereocenters. The second-order valence-electron chi connectivity index (χ2n) is 4.41. The molecule has 3 nitrogen and oxygen atoms in total. The Balaban J connectivity index is 2.21. The third kappa shape index (κ3) is 2.26. The topological polar surface area (TPSA) is 55.5 Å². The molecule has 3 N–H and O–H groups in total. The van der Waals surface area contributed by atoms with Crippen molar-refractivity contribution in [3.63, 3.8) is 0 Å². The summed E-state index contributed by atoms with van der Waals surface area (Å²) in [5.41, 5.74) is 6.24. The van der Waals surface area contributed by atoms with Crippen LogP contribution in [0.15, 0.2) is 30.3 Å². The summed E-state index contributed by atoms with van der Waals surface area (Å²) in [6.45, 7) is 1.72. The van der Waals surface area contributed by atoms with Crippen LogP contribution in [0.2, 0.25) is 0 Å². The summed E-state index contributed by atoms with van der Waals surface area (Å²) in [4.78, 5) is 0. The Morgan fingerprint density at radius 1 is 1.25 bits per heavy atom. The summed E-state index contributed by atoms with van der Waals surface area (Å²) < 4.78 is 5.29. The molecule has 1 aliphatic heterocycles. The van der Waals surface area contributed by atoms with Crippen LogP contribution in [-0.2, 0) is 4.74 Å². The number of ether oxygens (including phenoxy) is 1. The van der Waals surface area contributed by atoms with Crippen molar-refractivity contribution in [2.45, 2.75) is 24.4 Å². The van der Waals surface area contributed by atoms with Gasteiger partial charge in [-0.1, -0.05) is 30.3 Å². The van der Waals surface area contributed by atoms with Crippen LogP contribution in [0.3, 0.4) is 0 Å². The van der Waals surface area contributed by atoms with E-state index in [0.29, 0.717) is 32.6 Å². The van der Waals surface area contributed by atoms with Gasteiger partial charge in [-0.2, -0.15) is 0 Å². The normalized spacial score (nSPS) is 21.6. The average Bonchev–Trinajstić information content (AvgIpc) is 2.32. The molecule has 2 rings (SSSR count). The maximum Gasteiger partial charge on any atom is 0.0771 e. The molecule has 16 heavy (non-hydrogen) atoms. The number of benzene rings is 1. The molecule has 0 amide bonds. The largest absolute Gasteiger partial charge is 0.389 e. The highest BCUT2D eigenvalue weighted by Gasteiger charge is 2.38. The minimum Gasteiger partial charge on any atom is -0.389 e. The fraction of sp³-hybridized carbons (Fsp3) is 0.538. The van der Waals surface area contributed by atoms with Crippen LogP contribution in [0.25, 0.3) is 0 Å². The van der Waals surface area contributed by atoms with E-state index in [1.807, 2.05) is 30.3 Å². The molecule has 1 atom stereocenters. The van der Waals surface area contributed by atoms with Crippen molar-refractivity contribution < 1.29 is 9.84 Å². The van der Waals surface area contributed by atoms with Gasteiger partial charge in [0.2, 0.25) is 0 Å². The van der Waals surface area contributed by atoms with E-state index in [0.717, 1.165) is 5.56 Å². The minimum absolute atomic E-state index is 0.0117. The van der Waals surface area contributed by atoms with Crippen LogP contribution in [0, 0.1) is 0 Å². The first-order valence-electron chi connectivity index (χ1n) is 5.81. The average molecular weight is 221 g/mol. The molecule has 0 saturated carbocycles. The van der Waals surface area contributed by atoms with Crippen LogP contribution >= 0.6 is 0 Å². The van der Waals surface area contributed by atoms with Crippen molar-refractivity contribution in [1.82, 2.24) is 0 Å². The van der Waals surface area contributed by atoms with Crippen molar-refractivity contribution >= 4 is 0 Å². The Bertz CT molecular complexity index is 320. The Labute approximate surface area is 96.2 Å². The van der Waals surface area contributed by atoms with E-state index >= 15 is 0 Å². The summed E-state index contributed by atoms with van der Waals surface area (Å²) in [6.07, 6.45) is 1.34. The predicted octanol–water partition coefficient (Wildman–Crippen LogP) is 1.27. The summed E-state index contributed by atoms with van der Waals surface area (Å²) in [5, 5.41) is 10.6. The van der Waals surface area contributed by atoms with Gasteiger partial charge < -0.3 is 15.6 Å². The van der Waals surface area contributed by atoms with E-state index in [9.17, 15) is 5.11 Å². The zero-order valence-corrected chi connectivity index (χ0v) is 9.43. The van der Waals surface area contributed by atoms with Gasteiger partial charge in [0.25, 0.3) is 0 Å². The van der Waals surface area contributed by atoms with Crippen molar-refractivity contribution in [2.75, 3.05) is 19.8 Å². The molecule has 1 aromatic carbocycles. The van der Waals surface area contributed by atoms with Gasteiger partial charge in [0, 0.05) is 38.5 Å². The van der Waals surface area contributed by atoms with E-state index < -0.39 is 5.60 Å². The highest BCUT2D eigenvalue weighted by molar-refractivity contribution is 5.23. The Kier molecular flexibility index (Phi) is 3.59. The lowest BCUT2D eigenvalue weighted by molar-refractivity contribution is -0.0783. The number of hydrogen-bond donors (Lipinski definition) is 2. The highest BCUT2D eigenvalue weighted by atomic mass is 16.5. The highest BCUT2D eigenvalue weighted by Crippen LogP contribution is 2.35. The molecular formula is C13H19NO2. The lowest BCUT2D eigenvalue weighted by atomic mass is 9.77. The number of rotatable bonds is 3. The molecule has 0 aromatic heterocycles. The standard InChI is InChI=1S/C13H19NO2/c14-10-12(11-4-2-1-3-5-11)13(15)6-8-16-9-7-13/h1-5,12,15H,6-10,14H2. The second kappa shape index (κ2) is 4.95. The van der Waals surface area contributed by atoms with Crippen LogP contribution in [0.5, 0.6) is 0 Å². The van der Waals surface area contributed by atoms with Crippen LogP contribution in [0.1, 0.15) is 24.3 Å². The zero-order valence-electron chi connectivity index (χ0n) is 9.43. The van der Waals surface area contributed by atoms with Crippen molar-refractivity contribution in [2.24, 2.45) is 5.73 Å². The first-order valence-corrected chi connectivity index (χ1v) is 5.81. The fourth-order valence-corrected chi connectivity index (χ4v) is 2.42. The van der Waals surface area contributed by atoms with Gasteiger partial charge in [-0.05, 0) is 5.56 Å². The van der Waals surface area contributed by atoms with Gasteiger partial charge in [-0.25, -0.2) is 0 Å². The first kappa shape index (κ1) is 11.6. The van der Waals surface area contributed by atoms with Gasteiger partial charge in [0.05, 0.1) is 5.60 Å². The van der Waals surface area contributed by atoms with Gasteiger partial charge in [-0.3, -0.25) is 0 Å². The molecule has 0 spiro atoms. The number of aliphatic hydroxyl groups is 1. The van der Waals surface area contributed by atoms with Gasteiger partial charge in [-0.15, -0.1) is 0 Å². The van der Waals surface area contributed by atoms with Crippen LogP contribution in [0.4, 0.5) is 0 Å². The van der Waals surface area contributed by atoms with E-state index in [1.165, 1.54) is 0 Å². The fourth-order valence-electron chi connectivity index (χ4n) is 2.42. The lowest BCUT2D eigenvalue weighted by Gasteiger charge is -2.38. The molecule has 3 heteroatoms. The molecule has 1 aromatic rings. The number of nitrogens with two attached hydrogens (primary N) is 1. The Morgan fingerprint density at radius 2 is 1.88 bits per heavy atom. The van der Waals surface area contributed by atoms with Gasteiger partial charge in [0.1, 0.15) is 0 Å². The summed E-state index contributed by atoms with van der Waals surface area (Å²) >= 11 is 0. The third-order valence-corrected chi connectivity index (χ3v) is 3.44. The molecule has 0 aliphatic carbocycles. The molecule has 1 fully saturated rings. The summed E-state index contributed by atoms with van der Waals surface area (Å²) in [5.74, 6) is 0.0117. The Morgan fingerprint density at radius 3 is 2.44 bits per heavy atom. The van der Waals surface area contributed by atoms with Gasteiger partial charge >= 0.3 is 0 Å². The third-order valence-electron chi connectivity index (χ3n) is 3.44. The van der Waals surface area contributed by atoms with E-state index in [1.54, 1.807) is 0 Å². The first-order chi connectivity index (χ1) is 7.76. The number of hydrogen-bond acceptors (Lipinski definition) is 3. The lowest BCUT2D eigenvalue weighted by Crippen LogP contribution is -2.44. The molecule has 1 saturated heterocycles.